The molecule has 0 atom stereocenters. The summed E-state index contributed by atoms with van der Waals surface area (Å²) in [7, 11) is -2.66. The summed E-state index contributed by atoms with van der Waals surface area (Å²) in [6.07, 6.45) is 4.71. The van der Waals surface area contributed by atoms with Gasteiger partial charge in [0.25, 0.3) is 0 Å². The molecule has 1 aromatic carbocycles. The first-order valence-electron chi connectivity index (χ1n) is 8.10. The summed E-state index contributed by atoms with van der Waals surface area (Å²) in [4.78, 5) is 15.8. The van der Waals surface area contributed by atoms with Crippen LogP contribution in [0.3, 0.4) is 0 Å². The topological polar surface area (TPSA) is 89.7 Å². The van der Waals surface area contributed by atoms with Gasteiger partial charge in [0, 0.05) is 18.9 Å². The monoisotopic (exact) mass is 386 g/mol. The number of esters is 1. The molecule has 0 fully saturated rings. The molecule has 0 saturated heterocycles. The van der Waals surface area contributed by atoms with Crippen LogP contribution in [0.2, 0.25) is 0 Å². The number of aromatic nitrogens is 1. The lowest BCUT2D eigenvalue weighted by Gasteiger charge is -2.21. The molecular formula is C19H18N2O5S. The van der Waals surface area contributed by atoms with Gasteiger partial charge in [0.2, 0.25) is 10.0 Å². The average Bonchev–Trinajstić information content (AvgIpc) is 3.21. The Labute approximate surface area is 157 Å². The molecular weight excluding hydrogens is 368 g/mol. The van der Waals surface area contributed by atoms with E-state index in [2.05, 4.69) is 9.72 Å². The second-order valence-electron chi connectivity index (χ2n) is 5.73. The number of sulfonamides is 1. The number of furan rings is 1. The summed E-state index contributed by atoms with van der Waals surface area (Å²) in [5.41, 5.74) is 0.898. The lowest BCUT2D eigenvalue weighted by molar-refractivity contribution is 0.0600. The molecule has 0 aliphatic rings. The van der Waals surface area contributed by atoms with E-state index in [0.29, 0.717) is 5.76 Å². The second-order valence-corrected chi connectivity index (χ2v) is 7.67. The Balaban J connectivity index is 1.97. The smallest absolute Gasteiger partial charge is 0.337 e. The number of pyridine rings is 1. The number of ether oxygens (including phenoxy) is 1. The standard InChI is InChI=1S/C19H18N2O5S/c1-25-19(22)16-6-2-8-18(11-16)27(23,24)21(14-17-7-4-10-26-17)13-15-5-3-9-20-12-15/h2-12H,13-14H2,1H3. The zero-order valence-electron chi connectivity index (χ0n) is 14.6. The van der Waals surface area contributed by atoms with Crippen molar-refractivity contribution in [2.24, 2.45) is 0 Å². The fourth-order valence-electron chi connectivity index (χ4n) is 2.55. The van der Waals surface area contributed by atoms with Crippen LogP contribution < -0.4 is 0 Å². The molecule has 0 radical (unpaired) electrons. The highest BCUT2D eigenvalue weighted by atomic mass is 32.2. The van der Waals surface area contributed by atoms with E-state index >= 15 is 0 Å². The number of hydrogen-bond acceptors (Lipinski definition) is 6. The number of benzene rings is 1. The molecule has 2 heterocycles. The number of methoxy groups -OCH3 is 1. The predicted molar refractivity (Wildman–Crippen MR) is 97.2 cm³/mol. The molecule has 0 amide bonds. The third-order valence-electron chi connectivity index (χ3n) is 3.89. The molecule has 3 aromatic rings. The molecule has 7 nitrogen and oxygen atoms in total. The molecule has 0 spiro atoms. The summed E-state index contributed by atoms with van der Waals surface area (Å²) in [6.45, 7) is 0.159. The number of nitrogens with zero attached hydrogens (tertiary/aromatic N) is 2. The van der Waals surface area contributed by atoms with E-state index in [1.165, 1.54) is 41.9 Å². The van der Waals surface area contributed by atoms with Crippen molar-refractivity contribution in [3.8, 4) is 0 Å². The van der Waals surface area contributed by atoms with Gasteiger partial charge >= 0.3 is 5.97 Å². The Kier molecular flexibility index (Phi) is 5.68. The number of carbonyl (C=O) groups is 1. The van der Waals surface area contributed by atoms with Crippen LogP contribution in [0, 0.1) is 0 Å². The van der Waals surface area contributed by atoms with Crippen LogP contribution in [0.25, 0.3) is 0 Å². The highest BCUT2D eigenvalue weighted by Gasteiger charge is 2.26. The minimum absolute atomic E-state index is 0.000784. The molecule has 0 bridgehead atoms. The van der Waals surface area contributed by atoms with Gasteiger partial charge in [-0.1, -0.05) is 12.1 Å². The van der Waals surface area contributed by atoms with Gasteiger partial charge in [-0.3, -0.25) is 4.98 Å². The van der Waals surface area contributed by atoms with Gasteiger partial charge in [0.15, 0.2) is 0 Å². The van der Waals surface area contributed by atoms with Crippen molar-refractivity contribution in [2.45, 2.75) is 18.0 Å². The van der Waals surface area contributed by atoms with Crippen LogP contribution in [0.5, 0.6) is 0 Å². The molecule has 0 N–H and O–H groups in total. The fraction of sp³-hybridized carbons (Fsp3) is 0.158. The van der Waals surface area contributed by atoms with E-state index < -0.39 is 16.0 Å². The maximum atomic E-state index is 13.2. The Morgan fingerprint density at radius 3 is 2.67 bits per heavy atom. The van der Waals surface area contributed by atoms with Gasteiger partial charge in [-0.15, -0.1) is 0 Å². The van der Waals surface area contributed by atoms with Gasteiger partial charge in [-0.25, -0.2) is 13.2 Å². The highest BCUT2D eigenvalue weighted by molar-refractivity contribution is 7.89. The molecule has 3 rings (SSSR count). The van der Waals surface area contributed by atoms with Crippen molar-refractivity contribution < 1.29 is 22.4 Å². The first-order chi connectivity index (χ1) is 13.0. The van der Waals surface area contributed by atoms with Crippen molar-refractivity contribution in [1.82, 2.24) is 9.29 Å². The summed E-state index contributed by atoms with van der Waals surface area (Å²) in [6, 6.07) is 12.7. The normalized spacial score (nSPS) is 11.5. The summed E-state index contributed by atoms with van der Waals surface area (Å²) in [5, 5.41) is 0. The Hall–Kier alpha value is -2.97. The SMILES string of the molecule is COC(=O)c1cccc(S(=O)(=O)N(Cc2cccnc2)Cc2ccco2)c1. The first-order valence-corrected chi connectivity index (χ1v) is 9.54. The van der Waals surface area contributed by atoms with Gasteiger partial charge < -0.3 is 9.15 Å². The van der Waals surface area contributed by atoms with E-state index in [1.807, 2.05) is 0 Å². The molecule has 2 aromatic heterocycles. The molecule has 27 heavy (non-hydrogen) atoms. The van der Waals surface area contributed by atoms with Crippen molar-refractivity contribution in [3.05, 3.63) is 84.1 Å². The van der Waals surface area contributed by atoms with E-state index in [0.717, 1.165) is 5.56 Å². The lowest BCUT2D eigenvalue weighted by Crippen LogP contribution is -2.30. The zero-order valence-corrected chi connectivity index (χ0v) is 15.4. The Morgan fingerprint density at radius 2 is 2.00 bits per heavy atom. The number of rotatable bonds is 7. The fourth-order valence-corrected chi connectivity index (χ4v) is 3.99. The number of carbonyl (C=O) groups excluding carboxylic acids is 1. The van der Waals surface area contributed by atoms with Crippen LogP contribution in [-0.2, 0) is 27.8 Å². The molecule has 0 unspecified atom stereocenters. The maximum absolute atomic E-state index is 13.2. The summed E-state index contributed by atoms with van der Waals surface area (Å²) >= 11 is 0. The van der Waals surface area contributed by atoms with Crippen molar-refractivity contribution in [1.29, 1.82) is 0 Å². The van der Waals surface area contributed by atoms with Gasteiger partial charge in [-0.05, 0) is 42.0 Å². The van der Waals surface area contributed by atoms with E-state index in [1.54, 1.807) is 36.7 Å². The summed E-state index contributed by atoms with van der Waals surface area (Å²) < 4.78 is 37.7. The van der Waals surface area contributed by atoms with Crippen LogP contribution in [-0.4, -0.2) is 30.8 Å². The molecule has 0 aliphatic carbocycles. The Morgan fingerprint density at radius 1 is 1.15 bits per heavy atom. The van der Waals surface area contributed by atoms with Gasteiger partial charge in [-0.2, -0.15) is 4.31 Å². The third-order valence-corrected chi connectivity index (χ3v) is 5.67. The first kappa shape index (κ1) is 18.8. The van der Waals surface area contributed by atoms with Crippen LogP contribution in [0.15, 0.2) is 76.5 Å². The average molecular weight is 386 g/mol. The minimum Gasteiger partial charge on any atom is -0.468 e. The van der Waals surface area contributed by atoms with E-state index in [9.17, 15) is 13.2 Å². The molecule has 0 aliphatic heterocycles. The van der Waals surface area contributed by atoms with E-state index in [-0.39, 0.29) is 23.5 Å². The lowest BCUT2D eigenvalue weighted by atomic mass is 10.2. The second kappa shape index (κ2) is 8.15. The molecule has 140 valence electrons. The Bertz CT molecular complexity index is 1000. The van der Waals surface area contributed by atoms with Crippen LogP contribution >= 0.6 is 0 Å². The third kappa shape index (κ3) is 4.42. The number of hydrogen-bond donors (Lipinski definition) is 0. The zero-order chi connectivity index (χ0) is 19.3. The van der Waals surface area contributed by atoms with Gasteiger partial charge in [0.05, 0.1) is 30.4 Å². The largest absolute Gasteiger partial charge is 0.468 e. The molecule has 0 saturated carbocycles. The van der Waals surface area contributed by atoms with Crippen LogP contribution in [0.1, 0.15) is 21.7 Å². The highest BCUT2D eigenvalue weighted by Crippen LogP contribution is 2.22. The van der Waals surface area contributed by atoms with Crippen molar-refractivity contribution in [2.75, 3.05) is 7.11 Å². The van der Waals surface area contributed by atoms with Crippen molar-refractivity contribution >= 4 is 16.0 Å². The molecule has 8 heteroatoms. The minimum atomic E-state index is -3.90. The predicted octanol–water partition coefficient (Wildman–Crippen LogP) is 2.85. The van der Waals surface area contributed by atoms with Gasteiger partial charge in [0.1, 0.15) is 5.76 Å². The summed E-state index contributed by atoms with van der Waals surface area (Å²) in [5.74, 6) is -0.0940. The van der Waals surface area contributed by atoms with Crippen molar-refractivity contribution in [3.63, 3.8) is 0 Å². The quantitative estimate of drug-likeness (QED) is 0.580. The van der Waals surface area contributed by atoms with E-state index in [4.69, 9.17) is 4.42 Å². The maximum Gasteiger partial charge on any atom is 0.337 e. The van der Waals surface area contributed by atoms with Crippen LogP contribution in [0.4, 0.5) is 0 Å².